The quantitative estimate of drug-likeness (QED) is 0.441. The number of hydrogen-bond donors (Lipinski definition) is 0. The second-order valence-electron chi connectivity index (χ2n) is 6.16. The van der Waals surface area contributed by atoms with Gasteiger partial charge < -0.3 is 9.47 Å². The van der Waals surface area contributed by atoms with Gasteiger partial charge in [0.15, 0.2) is 5.70 Å². The van der Waals surface area contributed by atoms with Crippen LogP contribution in [0.25, 0.3) is 6.08 Å². The lowest BCUT2D eigenvalue weighted by molar-refractivity contribution is -0.129. The van der Waals surface area contributed by atoms with Gasteiger partial charge in [0.05, 0.1) is 0 Å². The molecule has 0 atom stereocenters. The molecule has 0 spiro atoms. The smallest absolute Gasteiger partial charge is 0.363 e. The number of carbonyl (C=O) groups excluding carboxylic acids is 1. The van der Waals surface area contributed by atoms with Gasteiger partial charge in [-0.2, -0.15) is 0 Å². The first kappa shape index (κ1) is 18.0. The highest BCUT2D eigenvalue weighted by molar-refractivity contribution is 6.31. The first-order valence-electron chi connectivity index (χ1n) is 8.73. The van der Waals surface area contributed by atoms with Crippen molar-refractivity contribution in [3.8, 4) is 5.75 Å². The van der Waals surface area contributed by atoms with Crippen molar-refractivity contribution in [2.45, 2.75) is 6.61 Å². The van der Waals surface area contributed by atoms with Crippen molar-refractivity contribution in [2.75, 3.05) is 0 Å². The van der Waals surface area contributed by atoms with Crippen molar-refractivity contribution in [3.05, 3.63) is 106 Å². The third-order valence-corrected chi connectivity index (χ3v) is 4.38. The van der Waals surface area contributed by atoms with Crippen molar-refractivity contribution in [2.24, 2.45) is 4.99 Å². The molecular weight excluding hydrogens is 374 g/mol. The van der Waals surface area contributed by atoms with Gasteiger partial charge in [0.1, 0.15) is 12.4 Å². The summed E-state index contributed by atoms with van der Waals surface area (Å²) in [5.41, 5.74) is 2.68. The normalized spacial score (nSPS) is 14.7. The first-order valence-corrected chi connectivity index (χ1v) is 9.11. The number of rotatable bonds is 5. The van der Waals surface area contributed by atoms with E-state index < -0.39 is 5.97 Å². The van der Waals surface area contributed by atoms with Gasteiger partial charge in [0.2, 0.25) is 5.90 Å². The number of ether oxygens (including phenoxy) is 2. The van der Waals surface area contributed by atoms with Gasteiger partial charge in [-0.15, -0.1) is 0 Å². The molecule has 28 heavy (non-hydrogen) atoms. The highest BCUT2D eigenvalue weighted by atomic mass is 35.5. The minimum atomic E-state index is -0.507. The van der Waals surface area contributed by atoms with Crippen LogP contribution in [0, 0.1) is 0 Å². The van der Waals surface area contributed by atoms with E-state index in [0.29, 0.717) is 22.9 Å². The molecule has 1 aliphatic rings. The Labute approximate surface area is 167 Å². The molecule has 5 heteroatoms. The summed E-state index contributed by atoms with van der Waals surface area (Å²) in [6, 6.07) is 24.4. The lowest BCUT2D eigenvalue weighted by atomic mass is 10.1. The molecule has 4 nitrogen and oxygen atoms in total. The number of para-hydroxylation sites is 1. The summed E-state index contributed by atoms with van der Waals surface area (Å²) >= 11 is 6.01. The summed E-state index contributed by atoms with van der Waals surface area (Å²) in [7, 11) is 0. The van der Waals surface area contributed by atoms with Crippen LogP contribution in [0.1, 0.15) is 16.7 Å². The minimum absolute atomic E-state index is 0.214. The van der Waals surface area contributed by atoms with Crippen molar-refractivity contribution >= 4 is 29.5 Å². The van der Waals surface area contributed by atoms with Crippen LogP contribution in [-0.4, -0.2) is 11.9 Å². The minimum Gasteiger partial charge on any atom is -0.488 e. The van der Waals surface area contributed by atoms with Gasteiger partial charge in [0, 0.05) is 16.1 Å². The van der Waals surface area contributed by atoms with Crippen molar-refractivity contribution in [1.82, 2.24) is 0 Å². The van der Waals surface area contributed by atoms with Crippen LogP contribution in [-0.2, 0) is 16.1 Å². The molecule has 0 saturated carbocycles. The number of aliphatic imine (C=N–C) groups is 1. The van der Waals surface area contributed by atoms with Crippen molar-refractivity contribution in [1.29, 1.82) is 0 Å². The largest absolute Gasteiger partial charge is 0.488 e. The maximum absolute atomic E-state index is 12.3. The number of nitrogens with zero attached hydrogens (tertiary/aromatic N) is 1. The molecule has 1 aliphatic heterocycles. The van der Waals surface area contributed by atoms with Crippen molar-refractivity contribution in [3.63, 3.8) is 0 Å². The molecule has 3 aromatic carbocycles. The van der Waals surface area contributed by atoms with Gasteiger partial charge in [-0.1, -0.05) is 66.2 Å². The van der Waals surface area contributed by atoms with E-state index in [2.05, 4.69) is 4.99 Å². The number of hydrogen-bond acceptors (Lipinski definition) is 4. The van der Waals surface area contributed by atoms with Crippen LogP contribution in [0.15, 0.2) is 89.6 Å². The van der Waals surface area contributed by atoms with E-state index >= 15 is 0 Å². The lowest BCUT2D eigenvalue weighted by Crippen LogP contribution is -2.05. The molecule has 0 aliphatic carbocycles. The number of carbonyl (C=O) groups is 1. The van der Waals surface area contributed by atoms with Crippen LogP contribution < -0.4 is 4.74 Å². The summed E-state index contributed by atoms with van der Waals surface area (Å²) in [6.45, 7) is 0.433. The number of cyclic esters (lactones) is 1. The fourth-order valence-corrected chi connectivity index (χ4v) is 2.96. The maximum atomic E-state index is 12.3. The zero-order chi connectivity index (χ0) is 19.3. The molecule has 1 heterocycles. The molecule has 0 bridgehead atoms. The summed E-state index contributed by atoms with van der Waals surface area (Å²) < 4.78 is 11.2. The SMILES string of the molecule is O=C1OC(c2cccc(Cl)c2)=N/C1=C/c1ccccc1OCc1ccccc1. The van der Waals surface area contributed by atoms with E-state index in [1.165, 1.54) is 0 Å². The second-order valence-corrected chi connectivity index (χ2v) is 6.59. The third kappa shape index (κ3) is 4.13. The molecular formula is C23H16ClNO3. The van der Waals surface area contributed by atoms with Crippen LogP contribution in [0.2, 0.25) is 5.02 Å². The van der Waals surface area contributed by atoms with E-state index in [4.69, 9.17) is 21.1 Å². The molecule has 0 aromatic heterocycles. The van der Waals surface area contributed by atoms with Crippen molar-refractivity contribution < 1.29 is 14.3 Å². The molecule has 0 fully saturated rings. The average Bonchev–Trinajstić information content (AvgIpc) is 3.09. The van der Waals surface area contributed by atoms with Crippen LogP contribution >= 0.6 is 11.6 Å². The number of halogens is 1. The molecule has 0 saturated heterocycles. The predicted octanol–water partition coefficient (Wildman–Crippen LogP) is 5.26. The highest BCUT2D eigenvalue weighted by Crippen LogP contribution is 2.26. The average molecular weight is 390 g/mol. The molecule has 0 amide bonds. The van der Waals surface area contributed by atoms with Crippen LogP contribution in [0.5, 0.6) is 5.75 Å². The molecule has 138 valence electrons. The van der Waals surface area contributed by atoms with Gasteiger partial charge >= 0.3 is 5.97 Å². The summed E-state index contributed by atoms with van der Waals surface area (Å²) in [5, 5.41) is 0.549. The predicted molar refractivity (Wildman–Crippen MR) is 109 cm³/mol. The molecule has 4 rings (SSSR count). The summed E-state index contributed by atoms with van der Waals surface area (Å²) in [5.74, 6) is 0.396. The van der Waals surface area contributed by atoms with E-state index in [1.807, 2.05) is 54.6 Å². The topological polar surface area (TPSA) is 47.9 Å². The summed E-state index contributed by atoms with van der Waals surface area (Å²) in [6.07, 6.45) is 1.67. The first-order chi connectivity index (χ1) is 13.7. The Kier molecular flexibility index (Phi) is 5.22. The molecule has 3 aromatic rings. The van der Waals surface area contributed by atoms with E-state index in [0.717, 1.165) is 11.1 Å². The maximum Gasteiger partial charge on any atom is 0.363 e. The Bertz CT molecular complexity index is 1070. The second kappa shape index (κ2) is 8.11. The van der Waals surface area contributed by atoms with E-state index in [1.54, 1.807) is 30.3 Å². The monoisotopic (exact) mass is 389 g/mol. The molecule has 0 radical (unpaired) electrons. The van der Waals surface area contributed by atoms with E-state index in [9.17, 15) is 4.79 Å². The number of esters is 1. The Balaban J connectivity index is 1.59. The summed E-state index contributed by atoms with van der Waals surface area (Å²) in [4.78, 5) is 16.6. The Morgan fingerprint density at radius 3 is 2.57 bits per heavy atom. The Morgan fingerprint density at radius 2 is 1.75 bits per heavy atom. The fourth-order valence-electron chi connectivity index (χ4n) is 2.77. The number of benzene rings is 3. The standard InChI is InChI=1S/C23H16ClNO3/c24-19-11-6-10-18(13-19)22-25-20(23(26)28-22)14-17-9-4-5-12-21(17)27-15-16-7-2-1-3-8-16/h1-14H,15H2/b20-14+. The van der Waals surface area contributed by atoms with Gasteiger partial charge in [-0.05, 0) is 35.9 Å². The van der Waals surface area contributed by atoms with Gasteiger partial charge in [-0.25, -0.2) is 9.79 Å². The zero-order valence-corrected chi connectivity index (χ0v) is 15.6. The Morgan fingerprint density at radius 1 is 0.964 bits per heavy atom. The van der Waals surface area contributed by atoms with Gasteiger partial charge in [0.25, 0.3) is 0 Å². The van der Waals surface area contributed by atoms with Crippen LogP contribution in [0.3, 0.4) is 0 Å². The Hall–Kier alpha value is -3.37. The molecule has 0 N–H and O–H groups in total. The zero-order valence-electron chi connectivity index (χ0n) is 14.8. The van der Waals surface area contributed by atoms with Gasteiger partial charge in [-0.3, -0.25) is 0 Å². The fraction of sp³-hybridized carbons (Fsp3) is 0.0435. The lowest BCUT2D eigenvalue weighted by Gasteiger charge is -2.09. The highest BCUT2D eigenvalue weighted by Gasteiger charge is 2.24. The van der Waals surface area contributed by atoms with Crippen LogP contribution in [0.4, 0.5) is 0 Å². The third-order valence-electron chi connectivity index (χ3n) is 4.14. The van der Waals surface area contributed by atoms with E-state index in [-0.39, 0.29) is 11.6 Å². The molecule has 0 unspecified atom stereocenters.